The molecule has 1 aliphatic carbocycles. The zero-order valence-electron chi connectivity index (χ0n) is 17.9. The molecule has 1 unspecified atom stereocenters. The number of hydrogen-bond donors (Lipinski definition) is 1. The van der Waals surface area contributed by atoms with Crippen LogP contribution < -0.4 is 10.0 Å². The fraction of sp³-hybridized carbons (Fsp3) is 0.462. The molecule has 4 nitrogen and oxygen atoms in total. The quantitative estimate of drug-likeness (QED) is 0.824. The Labute approximate surface area is 183 Å². The van der Waals surface area contributed by atoms with E-state index in [0.29, 0.717) is 12.5 Å². The standard InChI is InChI=1S/C26H29FN2O2/c1-19-17-29(16-15-26(19,24(30)31)21-5-3-2-4-6-21)23-11-13-25(18-28,14-12-23)20-7-9-22(27)10-8-20/h2-10,19,23H,11-17H2,1H3,(H,30,31)/t19-,23?,25?,26-/m1/s1. The molecule has 2 aromatic carbocycles. The van der Waals surface area contributed by atoms with E-state index in [1.54, 1.807) is 12.1 Å². The second-order valence-electron chi connectivity index (χ2n) is 9.36. The minimum absolute atomic E-state index is 0.0385. The Bertz CT molecular complexity index is 961. The molecule has 0 aromatic heterocycles. The normalized spacial score (nSPS) is 33.4. The predicted molar refractivity (Wildman–Crippen MR) is 114 cm³/mol. The molecule has 2 aliphatic rings. The molecular weight excluding hydrogens is 391 g/mol. The van der Waals surface area contributed by atoms with Gasteiger partial charge in [0.05, 0.1) is 36.6 Å². The number of hydrogen-bond acceptors (Lipinski definition) is 3. The Morgan fingerprint density at radius 3 is 2.26 bits per heavy atom. The van der Waals surface area contributed by atoms with Crippen LogP contribution in [0, 0.1) is 23.1 Å². The van der Waals surface area contributed by atoms with E-state index in [2.05, 4.69) is 6.07 Å². The number of carboxylic acid groups (broad SMARTS) is 1. The largest absolute Gasteiger partial charge is 0.549 e. The van der Waals surface area contributed by atoms with Gasteiger partial charge in [-0.3, -0.25) is 0 Å². The summed E-state index contributed by atoms with van der Waals surface area (Å²) in [5.74, 6) is -1.30. The maximum absolute atomic E-state index is 13.3. The predicted octanol–water partition coefficient (Wildman–Crippen LogP) is 2.14. The molecule has 5 heteroatoms. The molecule has 0 amide bonds. The maximum Gasteiger partial charge on any atom is 0.123 e. The van der Waals surface area contributed by atoms with Gasteiger partial charge in [0.25, 0.3) is 0 Å². The van der Waals surface area contributed by atoms with Gasteiger partial charge < -0.3 is 14.8 Å². The highest BCUT2D eigenvalue weighted by Crippen LogP contribution is 2.40. The van der Waals surface area contributed by atoms with Crippen LogP contribution in [0.1, 0.15) is 50.2 Å². The number of halogens is 1. The number of rotatable bonds is 4. The number of nitrogens with zero attached hydrogens (tertiary/aromatic N) is 1. The van der Waals surface area contributed by atoms with Crippen molar-refractivity contribution in [3.8, 4) is 6.07 Å². The second-order valence-corrected chi connectivity index (χ2v) is 9.36. The van der Waals surface area contributed by atoms with Gasteiger partial charge in [-0.15, -0.1) is 0 Å². The van der Waals surface area contributed by atoms with Crippen LogP contribution in [0.2, 0.25) is 0 Å². The lowest BCUT2D eigenvalue weighted by Crippen LogP contribution is -3.18. The highest BCUT2D eigenvalue weighted by Gasteiger charge is 2.48. The van der Waals surface area contributed by atoms with Crippen molar-refractivity contribution in [1.82, 2.24) is 0 Å². The van der Waals surface area contributed by atoms with Crippen molar-refractivity contribution in [1.29, 1.82) is 5.26 Å². The van der Waals surface area contributed by atoms with Gasteiger partial charge >= 0.3 is 0 Å². The zero-order chi connectivity index (χ0) is 22.1. The molecule has 0 radical (unpaired) electrons. The molecule has 1 N–H and O–H groups in total. The Kier molecular flexibility index (Phi) is 5.85. The SMILES string of the molecule is C[C@@H]1C[NH+](C2CCC(C#N)(c3ccc(F)cc3)CC2)CC[C@]1(C(=O)[O-])c1ccccc1. The molecule has 0 bridgehead atoms. The molecule has 0 spiro atoms. The Balaban J connectivity index is 1.47. The minimum Gasteiger partial charge on any atom is -0.549 e. The van der Waals surface area contributed by atoms with Gasteiger partial charge in [-0.05, 0) is 36.1 Å². The van der Waals surface area contributed by atoms with E-state index in [1.165, 1.54) is 17.0 Å². The number of carbonyl (C=O) groups is 1. The fourth-order valence-corrected chi connectivity index (χ4v) is 5.98. The lowest BCUT2D eigenvalue weighted by molar-refractivity contribution is -0.936. The molecule has 1 saturated heterocycles. The first-order chi connectivity index (χ1) is 14.9. The highest BCUT2D eigenvalue weighted by molar-refractivity contribution is 5.80. The van der Waals surface area contributed by atoms with Gasteiger partial charge in [0, 0.05) is 30.6 Å². The topological polar surface area (TPSA) is 68.4 Å². The number of nitriles is 1. The first-order valence-electron chi connectivity index (χ1n) is 11.2. The third kappa shape index (κ3) is 3.74. The van der Waals surface area contributed by atoms with E-state index in [0.717, 1.165) is 49.9 Å². The number of benzene rings is 2. The van der Waals surface area contributed by atoms with Crippen LogP contribution >= 0.6 is 0 Å². The number of carbonyl (C=O) groups excluding carboxylic acids is 1. The van der Waals surface area contributed by atoms with Crippen molar-refractivity contribution in [2.24, 2.45) is 5.92 Å². The van der Waals surface area contributed by atoms with Gasteiger partial charge in [0.1, 0.15) is 5.82 Å². The van der Waals surface area contributed by atoms with Crippen molar-refractivity contribution in [2.75, 3.05) is 13.1 Å². The number of aliphatic carboxylic acids is 1. The summed E-state index contributed by atoms with van der Waals surface area (Å²) >= 11 is 0. The Hall–Kier alpha value is -2.71. The second kappa shape index (κ2) is 8.43. The molecule has 1 aliphatic heterocycles. The number of piperidine rings is 1. The lowest BCUT2D eigenvalue weighted by Gasteiger charge is -2.48. The highest BCUT2D eigenvalue weighted by atomic mass is 19.1. The van der Waals surface area contributed by atoms with Crippen molar-refractivity contribution in [3.05, 3.63) is 71.5 Å². The van der Waals surface area contributed by atoms with Crippen LogP contribution in [-0.4, -0.2) is 25.1 Å². The Morgan fingerprint density at radius 1 is 1.06 bits per heavy atom. The fourth-order valence-electron chi connectivity index (χ4n) is 5.98. The van der Waals surface area contributed by atoms with Crippen molar-refractivity contribution >= 4 is 5.97 Å². The summed E-state index contributed by atoms with van der Waals surface area (Å²) in [6.45, 7) is 3.60. The first kappa shape index (κ1) is 21.5. The van der Waals surface area contributed by atoms with Crippen LogP contribution in [0.4, 0.5) is 4.39 Å². The first-order valence-corrected chi connectivity index (χ1v) is 11.2. The van der Waals surface area contributed by atoms with E-state index in [-0.39, 0.29) is 11.7 Å². The molecular formula is C26H29FN2O2. The molecule has 162 valence electrons. The van der Waals surface area contributed by atoms with Crippen LogP contribution in [0.5, 0.6) is 0 Å². The van der Waals surface area contributed by atoms with E-state index in [9.17, 15) is 19.6 Å². The summed E-state index contributed by atoms with van der Waals surface area (Å²) in [7, 11) is 0. The van der Waals surface area contributed by atoms with Gasteiger partial charge in [-0.1, -0.05) is 49.4 Å². The van der Waals surface area contributed by atoms with E-state index in [4.69, 9.17) is 0 Å². The van der Waals surface area contributed by atoms with Crippen molar-refractivity contribution < 1.29 is 19.2 Å². The van der Waals surface area contributed by atoms with Gasteiger partial charge in [0.15, 0.2) is 0 Å². The summed E-state index contributed by atoms with van der Waals surface area (Å²) in [5, 5.41) is 22.2. The minimum atomic E-state index is -0.978. The molecule has 4 rings (SSSR count). The average molecular weight is 421 g/mol. The van der Waals surface area contributed by atoms with Crippen molar-refractivity contribution in [2.45, 2.75) is 55.9 Å². The summed E-state index contributed by atoms with van der Waals surface area (Å²) in [5.41, 5.74) is 0.246. The lowest BCUT2D eigenvalue weighted by atomic mass is 9.65. The third-order valence-corrected chi connectivity index (χ3v) is 7.93. The van der Waals surface area contributed by atoms with Gasteiger partial charge in [-0.2, -0.15) is 5.26 Å². The summed E-state index contributed by atoms with van der Waals surface area (Å²) in [4.78, 5) is 13.7. The van der Waals surface area contributed by atoms with Crippen LogP contribution in [-0.2, 0) is 15.6 Å². The maximum atomic E-state index is 13.3. The van der Waals surface area contributed by atoms with Crippen LogP contribution in [0.15, 0.2) is 54.6 Å². The Morgan fingerprint density at radius 2 is 1.71 bits per heavy atom. The number of carboxylic acids is 1. The summed E-state index contributed by atoms with van der Waals surface area (Å²) < 4.78 is 13.3. The van der Waals surface area contributed by atoms with E-state index >= 15 is 0 Å². The number of likely N-dealkylation sites (tertiary alicyclic amines) is 1. The van der Waals surface area contributed by atoms with Gasteiger partial charge in [0.2, 0.25) is 0 Å². The third-order valence-electron chi connectivity index (χ3n) is 7.93. The number of nitrogens with one attached hydrogen (secondary N) is 1. The van der Waals surface area contributed by atoms with Crippen LogP contribution in [0.3, 0.4) is 0 Å². The molecule has 2 aromatic rings. The van der Waals surface area contributed by atoms with E-state index < -0.39 is 16.8 Å². The average Bonchev–Trinajstić information content (AvgIpc) is 2.80. The molecule has 2 fully saturated rings. The monoisotopic (exact) mass is 420 g/mol. The molecule has 31 heavy (non-hydrogen) atoms. The summed E-state index contributed by atoms with van der Waals surface area (Å²) in [6, 6.07) is 18.8. The molecule has 3 atom stereocenters. The van der Waals surface area contributed by atoms with Gasteiger partial charge in [-0.25, -0.2) is 4.39 Å². The summed E-state index contributed by atoms with van der Waals surface area (Å²) in [6.07, 6.45) is 3.89. The van der Waals surface area contributed by atoms with E-state index in [1.807, 2.05) is 37.3 Å². The molecule has 1 heterocycles. The van der Waals surface area contributed by atoms with Crippen molar-refractivity contribution in [3.63, 3.8) is 0 Å². The number of quaternary nitrogens is 1. The van der Waals surface area contributed by atoms with Crippen LogP contribution in [0.25, 0.3) is 0 Å². The smallest absolute Gasteiger partial charge is 0.123 e. The molecule has 1 saturated carbocycles. The zero-order valence-corrected chi connectivity index (χ0v) is 17.9.